The Labute approximate surface area is 120 Å². The van der Waals surface area contributed by atoms with Crippen LogP contribution in [-0.2, 0) is 0 Å². The predicted octanol–water partition coefficient (Wildman–Crippen LogP) is 3.47. The highest BCUT2D eigenvalue weighted by Gasteiger charge is 2.33. The zero-order valence-electron chi connectivity index (χ0n) is 13.8. The van der Waals surface area contributed by atoms with E-state index in [1.807, 2.05) is 0 Å². The third kappa shape index (κ3) is 3.95. The van der Waals surface area contributed by atoms with Crippen molar-refractivity contribution >= 4 is 0 Å². The molecule has 0 radical (unpaired) electrons. The lowest BCUT2D eigenvalue weighted by Crippen LogP contribution is -2.50. The quantitative estimate of drug-likeness (QED) is 0.755. The fraction of sp³-hybridized carbons (Fsp3) is 1.00. The average Bonchev–Trinajstić information content (AvgIpc) is 2.38. The summed E-state index contributed by atoms with van der Waals surface area (Å²) >= 11 is 0. The second kappa shape index (κ2) is 6.13. The van der Waals surface area contributed by atoms with Crippen LogP contribution >= 0.6 is 0 Å². The molecule has 1 atom stereocenters. The van der Waals surface area contributed by atoms with E-state index in [0.29, 0.717) is 5.41 Å². The Morgan fingerprint density at radius 1 is 0.895 bits per heavy atom. The summed E-state index contributed by atoms with van der Waals surface area (Å²) in [5.41, 5.74) is 0.478. The Hall–Kier alpha value is -0.0800. The summed E-state index contributed by atoms with van der Waals surface area (Å²) in [6.45, 7) is 14.8. The lowest BCUT2D eigenvalue weighted by molar-refractivity contribution is 0.0585. The molecule has 0 spiro atoms. The largest absolute Gasteiger partial charge is 0.304 e. The fourth-order valence-electron chi connectivity index (χ4n) is 3.86. The standard InChI is InChI=1S/C17H34N2/c1-14(17(2,3)4)15-6-8-16(9-7-15)19-12-10-18(5)11-13-19/h14-16H,6-13H2,1-5H3/t14-,15-,16+/m1/s1. The molecule has 2 heteroatoms. The molecular weight excluding hydrogens is 232 g/mol. The summed E-state index contributed by atoms with van der Waals surface area (Å²) in [5, 5.41) is 0. The van der Waals surface area contributed by atoms with Crippen molar-refractivity contribution in [2.45, 2.75) is 59.4 Å². The van der Waals surface area contributed by atoms with E-state index < -0.39 is 0 Å². The topological polar surface area (TPSA) is 6.48 Å². The van der Waals surface area contributed by atoms with Crippen LogP contribution in [0.15, 0.2) is 0 Å². The van der Waals surface area contributed by atoms with Gasteiger partial charge in [0.25, 0.3) is 0 Å². The fourth-order valence-corrected chi connectivity index (χ4v) is 3.86. The van der Waals surface area contributed by atoms with Crippen LogP contribution in [-0.4, -0.2) is 49.1 Å². The van der Waals surface area contributed by atoms with Crippen molar-refractivity contribution in [2.24, 2.45) is 17.3 Å². The predicted molar refractivity (Wildman–Crippen MR) is 83.4 cm³/mol. The maximum atomic E-state index is 2.76. The van der Waals surface area contributed by atoms with Gasteiger partial charge in [-0.15, -0.1) is 0 Å². The zero-order chi connectivity index (χ0) is 14.0. The van der Waals surface area contributed by atoms with Crippen LogP contribution in [0.25, 0.3) is 0 Å². The van der Waals surface area contributed by atoms with Gasteiger partial charge in [-0.3, -0.25) is 4.90 Å². The van der Waals surface area contributed by atoms with Crippen LogP contribution in [0.3, 0.4) is 0 Å². The molecular formula is C17H34N2. The van der Waals surface area contributed by atoms with E-state index in [0.717, 1.165) is 17.9 Å². The Balaban J connectivity index is 1.79. The number of likely N-dealkylation sites (N-methyl/N-ethyl adjacent to an activating group) is 1. The molecule has 2 aliphatic rings. The summed E-state index contributed by atoms with van der Waals surface area (Å²) in [5.74, 6) is 1.82. The molecule has 0 amide bonds. The molecule has 1 aliphatic carbocycles. The smallest absolute Gasteiger partial charge is 0.0113 e. The molecule has 0 unspecified atom stereocenters. The van der Waals surface area contributed by atoms with Crippen molar-refractivity contribution in [3.05, 3.63) is 0 Å². The van der Waals surface area contributed by atoms with Gasteiger partial charge in [-0.2, -0.15) is 0 Å². The van der Waals surface area contributed by atoms with E-state index in [1.54, 1.807) is 0 Å². The number of rotatable bonds is 2. The first-order valence-corrected chi connectivity index (χ1v) is 8.30. The highest BCUT2D eigenvalue weighted by atomic mass is 15.3. The molecule has 0 bridgehead atoms. The molecule has 1 saturated carbocycles. The van der Waals surface area contributed by atoms with Gasteiger partial charge in [0.1, 0.15) is 0 Å². The number of nitrogens with zero attached hydrogens (tertiary/aromatic N) is 2. The van der Waals surface area contributed by atoms with Gasteiger partial charge in [0.15, 0.2) is 0 Å². The lowest BCUT2D eigenvalue weighted by Gasteiger charge is -2.44. The van der Waals surface area contributed by atoms with Crippen molar-refractivity contribution in [2.75, 3.05) is 33.2 Å². The van der Waals surface area contributed by atoms with E-state index >= 15 is 0 Å². The molecule has 2 nitrogen and oxygen atoms in total. The SMILES string of the molecule is C[C@H]([C@H]1CC[C@@H](N2CCN(C)CC2)CC1)C(C)(C)C. The van der Waals surface area contributed by atoms with Gasteiger partial charge in [0.2, 0.25) is 0 Å². The second-order valence-electron chi connectivity index (χ2n) is 8.06. The Morgan fingerprint density at radius 2 is 1.42 bits per heavy atom. The molecule has 19 heavy (non-hydrogen) atoms. The van der Waals surface area contributed by atoms with Crippen LogP contribution in [0.4, 0.5) is 0 Å². The van der Waals surface area contributed by atoms with Gasteiger partial charge in [-0.1, -0.05) is 27.7 Å². The Morgan fingerprint density at radius 3 is 1.89 bits per heavy atom. The molecule has 2 fully saturated rings. The third-order valence-electron chi connectivity index (χ3n) is 5.87. The highest BCUT2D eigenvalue weighted by molar-refractivity contribution is 4.86. The third-order valence-corrected chi connectivity index (χ3v) is 5.87. The van der Waals surface area contributed by atoms with Gasteiger partial charge in [-0.25, -0.2) is 0 Å². The van der Waals surface area contributed by atoms with Crippen molar-refractivity contribution in [1.29, 1.82) is 0 Å². The van der Waals surface area contributed by atoms with Gasteiger partial charge in [-0.05, 0) is 50.0 Å². The summed E-state index contributed by atoms with van der Waals surface area (Å²) in [7, 11) is 2.25. The van der Waals surface area contributed by atoms with Gasteiger partial charge in [0, 0.05) is 32.2 Å². The van der Waals surface area contributed by atoms with Gasteiger partial charge >= 0.3 is 0 Å². The molecule has 0 aromatic heterocycles. The van der Waals surface area contributed by atoms with E-state index in [-0.39, 0.29) is 0 Å². The maximum absolute atomic E-state index is 2.76. The molecule has 0 N–H and O–H groups in total. The zero-order valence-corrected chi connectivity index (χ0v) is 13.8. The van der Waals surface area contributed by atoms with Crippen LogP contribution in [0.2, 0.25) is 0 Å². The molecule has 1 saturated heterocycles. The molecule has 1 heterocycles. The first-order valence-electron chi connectivity index (χ1n) is 8.30. The van der Waals surface area contributed by atoms with Crippen LogP contribution in [0.5, 0.6) is 0 Å². The van der Waals surface area contributed by atoms with E-state index in [1.165, 1.54) is 51.9 Å². The van der Waals surface area contributed by atoms with Crippen molar-refractivity contribution in [3.8, 4) is 0 Å². The second-order valence-corrected chi connectivity index (χ2v) is 8.06. The van der Waals surface area contributed by atoms with Crippen LogP contribution in [0, 0.1) is 17.3 Å². The minimum Gasteiger partial charge on any atom is -0.304 e. The first-order chi connectivity index (χ1) is 8.88. The van der Waals surface area contributed by atoms with Crippen molar-refractivity contribution < 1.29 is 0 Å². The minimum absolute atomic E-state index is 0.478. The Kier molecular flexibility index (Phi) is 4.94. The van der Waals surface area contributed by atoms with Crippen molar-refractivity contribution in [1.82, 2.24) is 9.80 Å². The highest BCUT2D eigenvalue weighted by Crippen LogP contribution is 2.40. The molecule has 1 aliphatic heterocycles. The summed E-state index contributed by atoms with van der Waals surface area (Å²) in [4.78, 5) is 5.22. The molecule has 112 valence electrons. The Bertz CT molecular complexity index is 265. The first kappa shape index (κ1) is 15.3. The maximum Gasteiger partial charge on any atom is 0.0113 e. The van der Waals surface area contributed by atoms with E-state index in [2.05, 4.69) is 44.5 Å². The summed E-state index contributed by atoms with van der Waals surface area (Å²) < 4.78 is 0. The van der Waals surface area contributed by atoms with Gasteiger partial charge in [0.05, 0.1) is 0 Å². The minimum atomic E-state index is 0.478. The summed E-state index contributed by atoms with van der Waals surface area (Å²) in [6.07, 6.45) is 5.79. The normalized spacial score (nSPS) is 33.3. The van der Waals surface area contributed by atoms with Crippen LogP contribution < -0.4 is 0 Å². The van der Waals surface area contributed by atoms with E-state index in [4.69, 9.17) is 0 Å². The molecule has 0 aromatic carbocycles. The summed E-state index contributed by atoms with van der Waals surface area (Å²) in [6, 6.07) is 0.886. The van der Waals surface area contributed by atoms with E-state index in [9.17, 15) is 0 Å². The monoisotopic (exact) mass is 266 g/mol. The molecule has 2 rings (SSSR count). The van der Waals surface area contributed by atoms with Crippen molar-refractivity contribution in [3.63, 3.8) is 0 Å². The average molecular weight is 266 g/mol. The lowest BCUT2D eigenvalue weighted by atomic mass is 9.68. The van der Waals surface area contributed by atoms with Crippen LogP contribution in [0.1, 0.15) is 53.4 Å². The number of piperazine rings is 1. The molecule has 0 aromatic rings. The number of hydrogen-bond donors (Lipinski definition) is 0. The van der Waals surface area contributed by atoms with Gasteiger partial charge < -0.3 is 4.90 Å². The number of hydrogen-bond acceptors (Lipinski definition) is 2.